The molecule has 4 aromatic heterocycles. The number of anilines is 1. The Morgan fingerprint density at radius 1 is 0.730 bits per heavy atom. The summed E-state index contributed by atoms with van der Waals surface area (Å²) in [7, 11) is 3.14. The van der Waals surface area contributed by atoms with Crippen LogP contribution in [0.1, 0.15) is 58.5 Å². The maximum Gasteiger partial charge on any atom is 0.273 e. The fourth-order valence-corrected chi connectivity index (χ4v) is 9.16. The normalized spacial score (nSPS) is 16.3. The highest BCUT2D eigenvalue weighted by atomic mass is 35.5. The Morgan fingerprint density at radius 3 is 2.02 bits per heavy atom. The van der Waals surface area contributed by atoms with Crippen molar-refractivity contribution < 1.29 is 28.3 Å². The first-order valence-electron chi connectivity index (χ1n) is 20.4. The summed E-state index contributed by atoms with van der Waals surface area (Å²) < 4.78 is 17.2. The minimum absolute atomic E-state index is 0.161. The molecule has 16 heteroatoms. The molecule has 0 bridgehead atoms. The SMILES string of the molecule is COc1cccc2c(C(=O)N3CCC[C@H]3C(=O)Nc3ccc(-c4ncc(-c5ccc6nc([C@@H]7CCCN7C(=O)c7nc(Cl)cc8c(OC)cccc78)[nH]c6c5)o4)cc3)nc(Cl)cc12. The van der Waals surface area contributed by atoms with Gasteiger partial charge in [-0.3, -0.25) is 14.4 Å². The molecule has 14 nitrogen and oxygen atoms in total. The number of pyridine rings is 2. The minimum Gasteiger partial charge on any atom is -0.496 e. The van der Waals surface area contributed by atoms with Crippen LogP contribution >= 0.6 is 23.2 Å². The lowest BCUT2D eigenvalue weighted by Crippen LogP contribution is -2.43. The zero-order valence-electron chi connectivity index (χ0n) is 34.0. The summed E-state index contributed by atoms with van der Waals surface area (Å²) in [5.41, 5.74) is 4.05. The molecule has 3 amide bonds. The van der Waals surface area contributed by atoms with E-state index in [0.29, 0.717) is 82.3 Å². The maximum absolute atomic E-state index is 14.1. The first-order valence-corrected chi connectivity index (χ1v) is 21.2. The average molecular weight is 882 g/mol. The molecule has 6 heterocycles. The van der Waals surface area contributed by atoms with E-state index in [0.717, 1.165) is 34.8 Å². The van der Waals surface area contributed by atoms with E-state index in [9.17, 15) is 14.4 Å². The van der Waals surface area contributed by atoms with Crippen LogP contribution in [-0.2, 0) is 4.79 Å². The number of likely N-dealkylation sites (tertiary alicyclic amines) is 2. The number of amides is 3. The number of halogens is 2. The Hall–Kier alpha value is -7.03. The van der Waals surface area contributed by atoms with Crippen molar-refractivity contribution in [1.29, 1.82) is 0 Å². The van der Waals surface area contributed by atoms with E-state index in [1.807, 2.05) is 48.5 Å². The zero-order valence-corrected chi connectivity index (χ0v) is 35.5. The number of carbonyl (C=O) groups excluding carboxylic acids is 3. The number of nitrogens with one attached hydrogen (secondary N) is 2. The second-order valence-corrected chi connectivity index (χ2v) is 16.2. The Kier molecular flexibility index (Phi) is 10.4. The number of rotatable bonds is 9. The summed E-state index contributed by atoms with van der Waals surface area (Å²) in [5, 5.41) is 6.00. The third-order valence-electron chi connectivity index (χ3n) is 11.8. The molecule has 0 aliphatic carbocycles. The molecule has 2 aliphatic rings. The van der Waals surface area contributed by atoms with Crippen LogP contribution in [0.25, 0.3) is 55.4 Å². The van der Waals surface area contributed by atoms with Gasteiger partial charge in [0.05, 0.1) is 37.5 Å². The molecule has 0 saturated carbocycles. The van der Waals surface area contributed by atoms with Gasteiger partial charge in [-0.15, -0.1) is 0 Å². The quantitative estimate of drug-likeness (QED) is 0.133. The molecule has 63 heavy (non-hydrogen) atoms. The number of H-pyrrole nitrogens is 1. The van der Waals surface area contributed by atoms with Gasteiger partial charge in [0.25, 0.3) is 11.8 Å². The number of hydrogen-bond donors (Lipinski definition) is 2. The first-order chi connectivity index (χ1) is 30.7. The van der Waals surface area contributed by atoms with Crippen molar-refractivity contribution in [3.05, 3.63) is 125 Å². The van der Waals surface area contributed by atoms with Crippen molar-refractivity contribution in [2.75, 3.05) is 32.6 Å². The zero-order chi connectivity index (χ0) is 43.4. The maximum atomic E-state index is 14.1. The van der Waals surface area contributed by atoms with Gasteiger partial charge in [0.15, 0.2) is 5.76 Å². The summed E-state index contributed by atoms with van der Waals surface area (Å²) >= 11 is 12.7. The number of methoxy groups -OCH3 is 2. The van der Waals surface area contributed by atoms with E-state index in [-0.39, 0.29) is 45.5 Å². The van der Waals surface area contributed by atoms with Crippen LogP contribution in [0.2, 0.25) is 10.3 Å². The molecular weight excluding hydrogens is 843 g/mol. The number of fused-ring (bicyclic) bond motifs is 3. The fraction of sp³-hybridized carbons (Fsp3) is 0.213. The van der Waals surface area contributed by atoms with Gasteiger partial charge in [-0.2, -0.15) is 0 Å². The molecule has 4 aromatic carbocycles. The molecule has 0 unspecified atom stereocenters. The van der Waals surface area contributed by atoms with Crippen molar-refractivity contribution >= 4 is 79.2 Å². The smallest absolute Gasteiger partial charge is 0.273 e. The van der Waals surface area contributed by atoms with Crippen molar-refractivity contribution in [3.63, 3.8) is 0 Å². The molecule has 316 valence electrons. The monoisotopic (exact) mass is 880 g/mol. The van der Waals surface area contributed by atoms with Crippen molar-refractivity contribution in [2.45, 2.75) is 37.8 Å². The van der Waals surface area contributed by atoms with Crippen molar-refractivity contribution in [1.82, 2.24) is 34.7 Å². The molecule has 2 aliphatic heterocycles. The number of imidazole rings is 1. The second kappa shape index (κ2) is 16.3. The molecule has 2 saturated heterocycles. The third kappa shape index (κ3) is 7.34. The molecule has 0 radical (unpaired) electrons. The first kappa shape index (κ1) is 40.1. The number of aromatic nitrogens is 5. The van der Waals surface area contributed by atoms with Crippen LogP contribution in [0.3, 0.4) is 0 Å². The number of benzene rings is 4. The predicted octanol–water partition coefficient (Wildman–Crippen LogP) is 9.53. The lowest BCUT2D eigenvalue weighted by molar-refractivity contribution is -0.119. The molecule has 0 spiro atoms. The van der Waals surface area contributed by atoms with Gasteiger partial charge in [-0.05, 0) is 92.4 Å². The number of carbonyl (C=O) groups is 3. The van der Waals surface area contributed by atoms with Crippen LogP contribution in [0.4, 0.5) is 5.69 Å². The molecule has 2 fully saturated rings. The third-order valence-corrected chi connectivity index (χ3v) is 12.2. The van der Waals surface area contributed by atoms with E-state index < -0.39 is 6.04 Å². The highest BCUT2D eigenvalue weighted by molar-refractivity contribution is 6.31. The summed E-state index contributed by atoms with van der Waals surface area (Å²) in [6, 6.07) is 26.2. The van der Waals surface area contributed by atoms with Crippen LogP contribution < -0.4 is 14.8 Å². The Morgan fingerprint density at radius 2 is 1.35 bits per heavy atom. The Labute approximate surface area is 370 Å². The molecular formula is C47H38Cl2N8O6. The van der Waals surface area contributed by atoms with Gasteiger partial charge in [0, 0.05) is 51.4 Å². The van der Waals surface area contributed by atoms with Crippen LogP contribution in [-0.4, -0.2) is 85.8 Å². The summed E-state index contributed by atoms with van der Waals surface area (Å²) in [5.74, 6) is 1.94. The van der Waals surface area contributed by atoms with Gasteiger partial charge in [0.1, 0.15) is 45.1 Å². The number of oxazole rings is 1. The highest BCUT2D eigenvalue weighted by Crippen LogP contribution is 2.37. The van der Waals surface area contributed by atoms with Gasteiger partial charge < -0.3 is 34.0 Å². The topological polar surface area (TPSA) is 169 Å². The Balaban J connectivity index is 0.825. The molecule has 2 atom stereocenters. The van der Waals surface area contributed by atoms with E-state index in [1.165, 1.54) is 0 Å². The summed E-state index contributed by atoms with van der Waals surface area (Å²) in [4.78, 5) is 66.7. The largest absolute Gasteiger partial charge is 0.496 e. The van der Waals surface area contributed by atoms with Crippen LogP contribution in [0.15, 0.2) is 102 Å². The van der Waals surface area contributed by atoms with Gasteiger partial charge in [-0.25, -0.2) is 19.9 Å². The number of nitrogens with zero attached hydrogens (tertiary/aromatic N) is 6. The molecule has 8 aromatic rings. The van der Waals surface area contributed by atoms with E-state index in [1.54, 1.807) is 72.7 Å². The van der Waals surface area contributed by atoms with E-state index in [4.69, 9.17) is 42.1 Å². The predicted molar refractivity (Wildman–Crippen MR) is 239 cm³/mol. The summed E-state index contributed by atoms with van der Waals surface area (Å²) in [6.07, 6.45) is 4.39. The summed E-state index contributed by atoms with van der Waals surface area (Å²) in [6.45, 7) is 0.963. The fourth-order valence-electron chi connectivity index (χ4n) is 8.77. The lowest BCUT2D eigenvalue weighted by atomic mass is 10.1. The highest BCUT2D eigenvalue weighted by Gasteiger charge is 2.37. The van der Waals surface area contributed by atoms with Gasteiger partial charge in [0.2, 0.25) is 11.8 Å². The van der Waals surface area contributed by atoms with Crippen molar-refractivity contribution in [2.24, 2.45) is 0 Å². The average Bonchev–Trinajstić information content (AvgIpc) is 4.15. The van der Waals surface area contributed by atoms with E-state index in [2.05, 4.69) is 25.3 Å². The van der Waals surface area contributed by atoms with E-state index >= 15 is 0 Å². The standard InChI is InChI=1S/C47H38Cl2N8O6/c1-61-36-11-3-7-28-30(36)22-39(48)54-41(28)46(59)56-19-5-9-34(56)43-52-32-18-15-26(21-33(32)53-43)38-24-50-45(63-38)25-13-16-27(17-14-25)51-44(58)35-10-6-20-57(35)47(60)42-29-8-4-12-37(62-2)31(29)23-40(49)55-42/h3-4,7-8,11-18,21-24,34-35H,5-6,9-10,19-20H2,1-2H3,(H,51,58)(H,52,53)/t34-,35-/m0/s1. The lowest BCUT2D eigenvalue weighted by Gasteiger charge is -2.24. The van der Waals surface area contributed by atoms with Gasteiger partial charge in [-0.1, -0.05) is 47.5 Å². The number of aromatic amines is 1. The van der Waals surface area contributed by atoms with Crippen molar-refractivity contribution in [3.8, 4) is 34.3 Å². The number of ether oxygens (including phenoxy) is 2. The van der Waals surface area contributed by atoms with Gasteiger partial charge >= 0.3 is 0 Å². The number of hydrogen-bond acceptors (Lipinski definition) is 10. The molecule has 10 rings (SSSR count). The van der Waals surface area contributed by atoms with Crippen LogP contribution in [0, 0.1) is 0 Å². The second-order valence-electron chi connectivity index (χ2n) is 15.5. The minimum atomic E-state index is -0.687. The Bertz CT molecular complexity index is 3120. The van der Waals surface area contributed by atoms with Crippen LogP contribution in [0.5, 0.6) is 11.5 Å². The molecule has 2 N–H and O–H groups in total.